The van der Waals surface area contributed by atoms with E-state index < -0.39 is 10.0 Å². The minimum atomic E-state index is -3.71. The average molecular weight is 295 g/mol. The molecule has 6 nitrogen and oxygen atoms in total. The molecule has 0 aliphatic carbocycles. The van der Waals surface area contributed by atoms with E-state index in [2.05, 4.69) is 14.9 Å². The number of aromatic amines is 1. The summed E-state index contributed by atoms with van der Waals surface area (Å²) in [7, 11) is -3.71. The number of sulfonamides is 1. The van der Waals surface area contributed by atoms with Crippen LogP contribution in [0.2, 0.25) is 0 Å². The Labute approximate surface area is 117 Å². The molecule has 0 spiro atoms. The molecule has 2 aromatic rings. The van der Waals surface area contributed by atoms with Crippen LogP contribution in [0.5, 0.6) is 5.75 Å². The molecule has 0 saturated carbocycles. The van der Waals surface area contributed by atoms with E-state index in [0.717, 1.165) is 0 Å². The minimum absolute atomic E-state index is 0.140. The molecule has 108 valence electrons. The monoisotopic (exact) mass is 295 g/mol. The summed E-state index contributed by atoms with van der Waals surface area (Å²) >= 11 is 0. The fourth-order valence-electron chi connectivity index (χ4n) is 2.04. The van der Waals surface area contributed by atoms with Crippen LogP contribution in [0.1, 0.15) is 22.5 Å². The lowest BCUT2D eigenvalue weighted by Gasteiger charge is -2.12. The molecule has 0 aliphatic heterocycles. The van der Waals surface area contributed by atoms with Crippen LogP contribution < -0.4 is 4.72 Å². The van der Waals surface area contributed by atoms with Crippen LogP contribution in [-0.2, 0) is 10.0 Å². The van der Waals surface area contributed by atoms with Gasteiger partial charge in [0.2, 0.25) is 0 Å². The maximum Gasteiger partial charge on any atom is 0.265 e. The van der Waals surface area contributed by atoms with E-state index in [4.69, 9.17) is 0 Å². The number of phenols is 1. The number of hydrogen-bond donors (Lipinski definition) is 3. The molecule has 2 rings (SSSR count). The number of rotatable bonds is 3. The van der Waals surface area contributed by atoms with Gasteiger partial charge in [-0.05, 0) is 51.0 Å². The normalized spacial score (nSPS) is 11.6. The van der Waals surface area contributed by atoms with Crippen molar-refractivity contribution in [1.82, 2.24) is 10.2 Å². The number of anilines is 1. The zero-order valence-corrected chi connectivity index (χ0v) is 12.6. The first-order chi connectivity index (χ1) is 9.22. The fraction of sp³-hybridized carbons (Fsp3) is 0.308. The van der Waals surface area contributed by atoms with Crippen molar-refractivity contribution in [3.8, 4) is 5.75 Å². The highest BCUT2D eigenvalue weighted by Crippen LogP contribution is 2.28. The molecule has 0 amide bonds. The molecule has 3 N–H and O–H groups in total. The standard InChI is InChI=1S/C13H17N3O3S/c1-7-6-12(17)8(2)5-11(7)16-20(18,19)13-9(3)14-15-10(13)4/h5-6,16-17H,1-4H3,(H,14,15). The van der Waals surface area contributed by atoms with Crippen LogP contribution in [0.4, 0.5) is 5.69 Å². The Morgan fingerprint density at radius 1 is 1.15 bits per heavy atom. The molecule has 0 saturated heterocycles. The molecular formula is C13H17N3O3S. The van der Waals surface area contributed by atoms with Crippen LogP contribution in [0, 0.1) is 27.7 Å². The van der Waals surface area contributed by atoms with Gasteiger partial charge in [0, 0.05) is 0 Å². The fourth-order valence-corrected chi connectivity index (χ4v) is 3.54. The third kappa shape index (κ3) is 2.49. The van der Waals surface area contributed by atoms with Crippen LogP contribution in [0.3, 0.4) is 0 Å². The third-order valence-electron chi connectivity index (χ3n) is 3.12. The van der Waals surface area contributed by atoms with E-state index in [-0.39, 0.29) is 10.6 Å². The Bertz CT molecular complexity index is 744. The van der Waals surface area contributed by atoms with Crippen LogP contribution in [-0.4, -0.2) is 23.7 Å². The Balaban J connectivity index is 2.47. The summed E-state index contributed by atoms with van der Waals surface area (Å²) in [5, 5.41) is 16.2. The van der Waals surface area contributed by atoms with Crippen molar-refractivity contribution in [3.05, 3.63) is 34.6 Å². The summed E-state index contributed by atoms with van der Waals surface area (Å²) < 4.78 is 27.4. The molecular weight excluding hydrogens is 278 g/mol. The number of phenolic OH excluding ortho intramolecular Hbond substituents is 1. The minimum Gasteiger partial charge on any atom is -0.508 e. The Hall–Kier alpha value is -2.02. The molecule has 0 unspecified atom stereocenters. The van der Waals surface area contributed by atoms with E-state index in [1.54, 1.807) is 33.8 Å². The van der Waals surface area contributed by atoms with Crippen molar-refractivity contribution in [2.75, 3.05) is 4.72 Å². The number of aromatic hydroxyl groups is 1. The van der Waals surface area contributed by atoms with Gasteiger partial charge in [0.1, 0.15) is 10.6 Å². The number of nitrogens with one attached hydrogen (secondary N) is 2. The highest BCUT2D eigenvalue weighted by atomic mass is 32.2. The van der Waals surface area contributed by atoms with Gasteiger partial charge in [0.25, 0.3) is 10.0 Å². The first-order valence-electron chi connectivity index (χ1n) is 6.07. The van der Waals surface area contributed by atoms with Crippen molar-refractivity contribution in [1.29, 1.82) is 0 Å². The van der Waals surface area contributed by atoms with Gasteiger partial charge in [-0.15, -0.1) is 0 Å². The molecule has 7 heteroatoms. The molecule has 0 bridgehead atoms. The lowest BCUT2D eigenvalue weighted by Crippen LogP contribution is -2.15. The molecule has 20 heavy (non-hydrogen) atoms. The van der Waals surface area contributed by atoms with Gasteiger partial charge >= 0.3 is 0 Å². The van der Waals surface area contributed by atoms with E-state index in [1.807, 2.05) is 0 Å². The highest BCUT2D eigenvalue weighted by Gasteiger charge is 2.23. The molecule has 1 aromatic carbocycles. The van der Waals surface area contributed by atoms with Crippen molar-refractivity contribution in [2.45, 2.75) is 32.6 Å². The molecule has 1 aromatic heterocycles. The number of nitrogens with zero attached hydrogens (tertiary/aromatic N) is 1. The Kier molecular flexibility index (Phi) is 3.47. The zero-order chi connectivity index (χ0) is 15.1. The second-order valence-corrected chi connectivity index (χ2v) is 6.44. The molecule has 0 atom stereocenters. The molecule has 0 fully saturated rings. The van der Waals surface area contributed by atoms with Gasteiger partial charge in [-0.25, -0.2) is 8.42 Å². The highest BCUT2D eigenvalue weighted by molar-refractivity contribution is 7.92. The van der Waals surface area contributed by atoms with Crippen molar-refractivity contribution >= 4 is 15.7 Å². The predicted octanol–water partition coefficient (Wildman–Crippen LogP) is 2.15. The summed E-state index contributed by atoms with van der Waals surface area (Å²) in [4.78, 5) is 0.155. The Morgan fingerprint density at radius 3 is 2.35 bits per heavy atom. The third-order valence-corrected chi connectivity index (χ3v) is 4.74. The summed E-state index contributed by atoms with van der Waals surface area (Å²) in [5.41, 5.74) is 2.61. The number of aryl methyl sites for hydroxylation is 4. The number of benzene rings is 1. The maximum atomic E-state index is 12.4. The van der Waals surface area contributed by atoms with Gasteiger partial charge in [0.05, 0.1) is 17.1 Å². The van der Waals surface area contributed by atoms with Crippen LogP contribution in [0.25, 0.3) is 0 Å². The summed E-state index contributed by atoms with van der Waals surface area (Å²) in [6.07, 6.45) is 0. The van der Waals surface area contributed by atoms with Crippen molar-refractivity contribution < 1.29 is 13.5 Å². The molecule has 1 heterocycles. The average Bonchev–Trinajstić information content (AvgIpc) is 2.66. The largest absolute Gasteiger partial charge is 0.508 e. The second-order valence-electron chi connectivity index (χ2n) is 4.82. The smallest absolute Gasteiger partial charge is 0.265 e. The summed E-state index contributed by atoms with van der Waals surface area (Å²) in [5.74, 6) is 0.140. The first-order valence-corrected chi connectivity index (χ1v) is 7.55. The topological polar surface area (TPSA) is 95.1 Å². The van der Waals surface area contributed by atoms with Crippen LogP contribution >= 0.6 is 0 Å². The predicted molar refractivity (Wildman–Crippen MR) is 76.5 cm³/mol. The second kappa shape index (κ2) is 4.82. The summed E-state index contributed by atoms with van der Waals surface area (Å²) in [6, 6.07) is 3.13. The van der Waals surface area contributed by atoms with Gasteiger partial charge in [-0.1, -0.05) is 0 Å². The number of aromatic nitrogens is 2. The number of hydrogen-bond acceptors (Lipinski definition) is 4. The molecule has 0 radical (unpaired) electrons. The SMILES string of the molecule is Cc1cc(NS(=O)(=O)c2c(C)n[nH]c2C)c(C)cc1O. The zero-order valence-electron chi connectivity index (χ0n) is 11.8. The maximum absolute atomic E-state index is 12.4. The van der Waals surface area contributed by atoms with Gasteiger partial charge in [0.15, 0.2) is 0 Å². The lowest BCUT2D eigenvalue weighted by molar-refractivity contribution is 0.471. The van der Waals surface area contributed by atoms with E-state index in [1.165, 1.54) is 6.07 Å². The van der Waals surface area contributed by atoms with E-state index in [9.17, 15) is 13.5 Å². The van der Waals surface area contributed by atoms with Crippen LogP contribution in [0.15, 0.2) is 17.0 Å². The van der Waals surface area contributed by atoms with Crippen molar-refractivity contribution in [2.24, 2.45) is 0 Å². The summed E-state index contributed by atoms with van der Waals surface area (Å²) in [6.45, 7) is 6.73. The van der Waals surface area contributed by atoms with Gasteiger partial charge < -0.3 is 5.11 Å². The van der Waals surface area contributed by atoms with Gasteiger partial charge in [-0.3, -0.25) is 9.82 Å². The number of H-pyrrole nitrogens is 1. The first kappa shape index (κ1) is 14.4. The quantitative estimate of drug-likeness (QED) is 0.756. The van der Waals surface area contributed by atoms with Gasteiger partial charge in [-0.2, -0.15) is 5.10 Å². The lowest BCUT2D eigenvalue weighted by atomic mass is 10.1. The Morgan fingerprint density at radius 2 is 1.80 bits per heavy atom. The van der Waals surface area contributed by atoms with Crippen molar-refractivity contribution in [3.63, 3.8) is 0 Å². The van der Waals surface area contributed by atoms with E-state index in [0.29, 0.717) is 28.2 Å². The van der Waals surface area contributed by atoms with E-state index >= 15 is 0 Å². The molecule has 0 aliphatic rings.